The van der Waals surface area contributed by atoms with E-state index in [9.17, 15) is 14.7 Å². The first kappa shape index (κ1) is 20.6. The molecule has 0 saturated heterocycles. The lowest BCUT2D eigenvalue weighted by molar-refractivity contribution is -0.172. The van der Waals surface area contributed by atoms with Crippen molar-refractivity contribution in [2.45, 2.75) is 66.0 Å². The number of carbonyl (C=O) groups is 1. The molecule has 0 amide bonds. The van der Waals surface area contributed by atoms with Crippen molar-refractivity contribution in [3.63, 3.8) is 0 Å². The minimum atomic E-state index is -1.81. The minimum Gasteiger partial charge on any atom is -0.458 e. The average molecular weight is 446 g/mol. The Hall–Kier alpha value is -3.03. The number of aryl methyl sites for hydroxylation is 1. The predicted molar refractivity (Wildman–Crippen MR) is 124 cm³/mol. The van der Waals surface area contributed by atoms with Gasteiger partial charge in [0.2, 0.25) is 0 Å². The number of esters is 1. The van der Waals surface area contributed by atoms with E-state index >= 15 is 0 Å². The summed E-state index contributed by atoms with van der Waals surface area (Å²) in [6, 6.07) is 1.79. The van der Waals surface area contributed by atoms with E-state index in [0.717, 1.165) is 35.4 Å². The Morgan fingerprint density at radius 2 is 1.76 bits per heavy atom. The molecule has 1 aromatic carbocycles. The molecule has 6 rings (SSSR count). The maximum Gasteiger partial charge on any atom is 0.343 e. The van der Waals surface area contributed by atoms with Crippen LogP contribution in [0.4, 0.5) is 0 Å². The molecule has 170 valence electrons. The zero-order chi connectivity index (χ0) is 23.4. The van der Waals surface area contributed by atoms with Crippen molar-refractivity contribution in [3.8, 4) is 11.4 Å². The topological polar surface area (TPSA) is 84.7 Å². The van der Waals surface area contributed by atoms with Gasteiger partial charge in [-0.3, -0.25) is 9.69 Å². The molecule has 0 spiro atoms. The van der Waals surface area contributed by atoms with Gasteiger partial charge in [-0.15, -0.1) is 0 Å². The van der Waals surface area contributed by atoms with Crippen molar-refractivity contribution in [2.24, 2.45) is 0 Å². The number of hydrogen-bond acceptors (Lipinski definition) is 6. The SMILES string of the molecule is CC[C@@]1(O)C(=O)OCc2c1cc1n(c2=O)Cc2c-1nc1c(C)c(C)c(C)c3c1c2CN(C)C3. The lowest BCUT2D eigenvalue weighted by Crippen LogP contribution is -2.44. The summed E-state index contributed by atoms with van der Waals surface area (Å²) < 4.78 is 6.92. The van der Waals surface area contributed by atoms with Crippen molar-refractivity contribution in [1.82, 2.24) is 14.5 Å². The van der Waals surface area contributed by atoms with E-state index < -0.39 is 11.6 Å². The van der Waals surface area contributed by atoms with Crippen LogP contribution in [0.25, 0.3) is 22.3 Å². The quantitative estimate of drug-likeness (QED) is 0.454. The second-order valence-corrected chi connectivity index (χ2v) is 9.77. The third kappa shape index (κ3) is 2.44. The highest BCUT2D eigenvalue weighted by Crippen LogP contribution is 2.44. The predicted octanol–water partition coefficient (Wildman–Crippen LogP) is 2.95. The van der Waals surface area contributed by atoms with E-state index in [1.165, 1.54) is 27.6 Å². The molecule has 1 N–H and O–H groups in total. The fraction of sp³-hybridized carbons (Fsp3) is 0.423. The van der Waals surface area contributed by atoms with E-state index in [4.69, 9.17) is 9.72 Å². The van der Waals surface area contributed by atoms with Crippen LogP contribution in [-0.4, -0.2) is 32.6 Å². The number of aromatic nitrogens is 2. The third-order valence-corrected chi connectivity index (χ3v) is 8.10. The van der Waals surface area contributed by atoms with E-state index in [1.54, 1.807) is 17.6 Å². The Bertz CT molecular complexity index is 1490. The van der Waals surface area contributed by atoms with Crippen LogP contribution in [0.5, 0.6) is 0 Å². The van der Waals surface area contributed by atoms with Crippen LogP contribution in [0.15, 0.2) is 10.9 Å². The van der Waals surface area contributed by atoms with Gasteiger partial charge >= 0.3 is 5.97 Å². The molecule has 0 radical (unpaired) electrons. The molecule has 3 aromatic rings. The second-order valence-electron chi connectivity index (χ2n) is 9.77. The first-order valence-corrected chi connectivity index (χ1v) is 11.5. The second kappa shape index (κ2) is 6.52. The number of ether oxygens (including phenoxy) is 1. The number of aliphatic hydroxyl groups is 1. The molecule has 2 aromatic heterocycles. The number of carbonyl (C=O) groups excluding carboxylic acids is 1. The molecule has 1 atom stereocenters. The lowest BCUT2D eigenvalue weighted by Gasteiger charge is -2.31. The van der Waals surface area contributed by atoms with Crippen molar-refractivity contribution in [3.05, 3.63) is 60.9 Å². The summed E-state index contributed by atoms with van der Waals surface area (Å²) in [5.41, 5.74) is 8.43. The summed E-state index contributed by atoms with van der Waals surface area (Å²) in [5.74, 6) is -0.699. The first-order valence-electron chi connectivity index (χ1n) is 11.5. The Labute approximate surface area is 191 Å². The van der Waals surface area contributed by atoms with Crippen molar-refractivity contribution < 1.29 is 14.6 Å². The Kier molecular flexibility index (Phi) is 4.06. The van der Waals surface area contributed by atoms with Gasteiger partial charge < -0.3 is 14.4 Å². The average Bonchev–Trinajstić information content (AvgIpc) is 3.17. The molecule has 0 saturated carbocycles. The molecule has 3 aliphatic rings. The van der Waals surface area contributed by atoms with Crippen LogP contribution in [0, 0.1) is 20.8 Å². The summed E-state index contributed by atoms with van der Waals surface area (Å²) in [6.45, 7) is 10.2. The molecule has 33 heavy (non-hydrogen) atoms. The summed E-state index contributed by atoms with van der Waals surface area (Å²) in [6.07, 6.45) is 0.136. The summed E-state index contributed by atoms with van der Waals surface area (Å²) >= 11 is 0. The molecule has 5 heterocycles. The lowest BCUT2D eigenvalue weighted by atomic mass is 9.85. The van der Waals surface area contributed by atoms with Gasteiger partial charge in [0.25, 0.3) is 5.56 Å². The molecule has 7 heteroatoms. The fourth-order valence-electron chi connectivity index (χ4n) is 5.90. The zero-order valence-corrected chi connectivity index (χ0v) is 19.6. The van der Waals surface area contributed by atoms with E-state index in [2.05, 4.69) is 32.7 Å². The summed E-state index contributed by atoms with van der Waals surface area (Å²) in [5, 5.41) is 12.3. The Balaban J connectivity index is 1.71. The highest BCUT2D eigenvalue weighted by molar-refractivity contribution is 5.95. The largest absolute Gasteiger partial charge is 0.458 e. The highest BCUT2D eigenvalue weighted by Gasteiger charge is 2.45. The van der Waals surface area contributed by atoms with Crippen LogP contribution in [0.3, 0.4) is 0 Å². The fourth-order valence-corrected chi connectivity index (χ4v) is 5.90. The smallest absolute Gasteiger partial charge is 0.343 e. The Morgan fingerprint density at radius 1 is 1.03 bits per heavy atom. The zero-order valence-electron chi connectivity index (χ0n) is 19.6. The molecule has 7 nitrogen and oxygen atoms in total. The van der Waals surface area contributed by atoms with Gasteiger partial charge in [0.1, 0.15) is 6.61 Å². The molecular weight excluding hydrogens is 418 g/mol. The van der Waals surface area contributed by atoms with Crippen molar-refractivity contribution in [1.29, 1.82) is 0 Å². The third-order valence-electron chi connectivity index (χ3n) is 8.10. The maximum absolute atomic E-state index is 13.5. The molecular formula is C26H27N3O4. The molecule has 0 fully saturated rings. The monoisotopic (exact) mass is 445 g/mol. The van der Waals surface area contributed by atoms with E-state index in [-0.39, 0.29) is 18.6 Å². The van der Waals surface area contributed by atoms with Gasteiger partial charge in [-0.2, -0.15) is 0 Å². The number of nitrogens with zero attached hydrogens (tertiary/aromatic N) is 3. The van der Waals surface area contributed by atoms with Crippen LogP contribution in [-0.2, 0) is 41.4 Å². The van der Waals surface area contributed by atoms with E-state index in [1.807, 2.05) is 0 Å². The number of hydrogen-bond donors (Lipinski definition) is 1. The number of pyridine rings is 2. The van der Waals surface area contributed by atoms with Gasteiger partial charge in [-0.1, -0.05) is 6.92 Å². The van der Waals surface area contributed by atoms with Gasteiger partial charge in [-0.05, 0) is 68.1 Å². The van der Waals surface area contributed by atoms with Crippen LogP contribution in [0.2, 0.25) is 0 Å². The van der Waals surface area contributed by atoms with Crippen LogP contribution in [0.1, 0.15) is 57.9 Å². The Morgan fingerprint density at radius 3 is 2.48 bits per heavy atom. The molecule has 0 bridgehead atoms. The van der Waals surface area contributed by atoms with Crippen molar-refractivity contribution >= 4 is 16.9 Å². The van der Waals surface area contributed by atoms with Gasteiger partial charge in [0.05, 0.1) is 29.0 Å². The number of benzene rings is 1. The molecule has 3 aliphatic heterocycles. The van der Waals surface area contributed by atoms with E-state index in [0.29, 0.717) is 23.4 Å². The standard InChI is InChI=1S/C26H27N3O4/c1-6-26(32)19-7-20-23-17(10-29(20)24(30)18(19)11-33-25(26)31)16-9-28(5)8-15-13(3)12(2)14(4)22(27-23)21(15)16/h7,32H,6,8-11H2,1-5H3/t26-/m0/s1. The maximum atomic E-state index is 13.5. The summed E-state index contributed by atoms with van der Waals surface area (Å²) in [7, 11) is 2.12. The van der Waals surface area contributed by atoms with Gasteiger partial charge in [-0.25, -0.2) is 9.78 Å². The molecule has 0 aliphatic carbocycles. The first-order chi connectivity index (χ1) is 15.7. The molecule has 0 unspecified atom stereocenters. The number of cyclic esters (lactones) is 1. The number of rotatable bonds is 1. The van der Waals surface area contributed by atoms with Crippen molar-refractivity contribution in [2.75, 3.05) is 7.05 Å². The van der Waals surface area contributed by atoms with Crippen LogP contribution < -0.4 is 5.56 Å². The van der Waals surface area contributed by atoms with Crippen LogP contribution >= 0.6 is 0 Å². The normalized spacial score (nSPS) is 21.1. The van der Waals surface area contributed by atoms with Gasteiger partial charge in [0.15, 0.2) is 5.60 Å². The summed E-state index contributed by atoms with van der Waals surface area (Å²) in [4.78, 5) is 33.4. The van der Waals surface area contributed by atoms with Gasteiger partial charge in [0, 0.05) is 29.6 Å². The number of fused-ring (bicyclic) bond motifs is 5. The highest BCUT2D eigenvalue weighted by atomic mass is 16.6. The minimum absolute atomic E-state index is 0.113.